The van der Waals surface area contributed by atoms with Crippen LogP contribution in [0.3, 0.4) is 0 Å². The van der Waals surface area contributed by atoms with Gasteiger partial charge in [0.1, 0.15) is 0 Å². The molecule has 0 aromatic heterocycles. The zero-order chi connectivity index (χ0) is 12.3. The van der Waals surface area contributed by atoms with Crippen molar-refractivity contribution in [2.45, 2.75) is 32.2 Å². The van der Waals surface area contributed by atoms with Crippen molar-refractivity contribution in [3.8, 4) is 0 Å². The monoisotopic (exact) mass is 233 g/mol. The number of hydrogen-bond donors (Lipinski definition) is 2. The number of nitrogens with one attached hydrogen (secondary N) is 1. The Labute approximate surface area is 102 Å². The largest absolute Gasteiger partial charge is 0.481 e. The zero-order valence-corrected chi connectivity index (χ0v) is 10.1. The summed E-state index contributed by atoms with van der Waals surface area (Å²) in [5.41, 5.74) is 2.58. The van der Waals surface area contributed by atoms with E-state index in [-0.39, 0.29) is 12.3 Å². The van der Waals surface area contributed by atoms with E-state index in [1.54, 1.807) is 0 Å². The molecule has 0 radical (unpaired) electrons. The number of carbonyl (C=O) groups is 1. The Morgan fingerprint density at radius 1 is 1.35 bits per heavy atom. The van der Waals surface area contributed by atoms with E-state index in [2.05, 4.69) is 36.5 Å². The van der Waals surface area contributed by atoms with Crippen molar-refractivity contribution in [1.29, 1.82) is 0 Å². The summed E-state index contributed by atoms with van der Waals surface area (Å²) in [6.45, 7) is 2.89. The molecule has 17 heavy (non-hydrogen) atoms. The Bertz CT molecular complexity index is 378. The first kappa shape index (κ1) is 12.1. The maximum atomic E-state index is 10.6. The summed E-state index contributed by atoms with van der Waals surface area (Å²) in [4.78, 5) is 10.6. The molecule has 1 aliphatic heterocycles. The van der Waals surface area contributed by atoms with Crippen molar-refractivity contribution in [2.75, 3.05) is 6.54 Å². The Morgan fingerprint density at radius 3 is 2.59 bits per heavy atom. The minimum Gasteiger partial charge on any atom is -0.481 e. The summed E-state index contributed by atoms with van der Waals surface area (Å²) in [7, 11) is 0. The average molecular weight is 233 g/mol. The normalized spacial score (nSPS) is 24.5. The van der Waals surface area contributed by atoms with Gasteiger partial charge >= 0.3 is 5.97 Å². The van der Waals surface area contributed by atoms with Gasteiger partial charge in [0.2, 0.25) is 0 Å². The number of piperidine rings is 1. The number of hydrogen-bond acceptors (Lipinski definition) is 2. The summed E-state index contributed by atoms with van der Waals surface area (Å²) in [5.74, 6) is -0.403. The molecule has 2 unspecified atom stereocenters. The molecule has 0 bridgehead atoms. The van der Waals surface area contributed by atoms with Gasteiger partial charge in [0.15, 0.2) is 0 Å². The number of carboxylic acid groups (broad SMARTS) is 1. The molecule has 1 aromatic carbocycles. The molecule has 1 heterocycles. The Hall–Kier alpha value is -1.35. The van der Waals surface area contributed by atoms with Gasteiger partial charge in [-0.3, -0.25) is 4.79 Å². The maximum Gasteiger partial charge on any atom is 0.303 e. The first-order valence-corrected chi connectivity index (χ1v) is 6.17. The molecule has 3 heteroatoms. The van der Waals surface area contributed by atoms with Crippen LogP contribution in [0.25, 0.3) is 0 Å². The highest BCUT2D eigenvalue weighted by molar-refractivity contribution is 5.67. The van der Waals surface area contributed by atoms with Gasteiger partial charge in [0.25, 0.3) is 0 Å². The fourth-order valence-electron chi connectivity index (χ4n) is 2.42. The van der Waals surface area contributed by atoms with E-state index in [4.69, 9.17) is 5.11 Å². The zero-order valence-electron chi connectivity index (χ0n) is 10.1. The third-order valence-electron chi connectivity index (χ3n) is 3.46. The standard InChI is InChI=1S/C14H19NO2/c1-10-2-5-12(6-3-10)13-7-4-11(9-15-13)8-14(16)17/h2-3,5-6,11,13,15H,4,7-9H2,1H3,(H,16,17). The minimum absolute atomic E-state index is 0.285. The second-order valence-electron chi connectivity index (χ2n) is 4.91. The van der Waals surface area contributed by atoms with Gasteiger partial charge in [0, 0.05) is 12.5 Å². The maximum absolute atomic E-state index is 10.6. The van der Waals surface area contributed by atoms with Crippen molar-refractivity contribution >= 4 is 5.97 Å². The van der Waals surface area contributed by atoms with E-state index in [0.29, 0.717) is 6.04 Å². The second kappa shape index (κ2) is 5.32. The summed E-state index contributed by atoms with van der Waals surface area (Å²) in [6.07, 6.45) is 2.31. The number of benzene rings is 1. The van der Waals surface area contributed by atoms with E-state index in [9.17, 15) is 4.79 Å². The molecule has 92 valence electrons. The molecule has 3 nitrogen and oxygen atoms in total. The molecule has 0 aliphatic carbocycles. The van der Waals surface area contributed by atoms with Crippen LogP contribution in [0.4, 0.5) is 0 Å². The van der Waals surface area contributed by atoms with E-state index < -0.39 is 5.97 Å². The van der Waals surface area contributed by atoms with Gasteiger partial charge < -0.3 is 10.4 Å². The summed E-state index contributed by atoms with van der Waals surface area (Å²) in [5, 5.41) is 12.2. The Morgan fingerprint density at radius 2 is 2.06 bits per heavy atom. The van der Waals surface area contributed by atoms with Crippen LogP contribution in [0.2, 0.25) is 0 Å². The van der Waals surface area contributed by atoms with Crippen LogP contribution >= 0.6 is 0 Å². The number of aliphatic carboxylic acids is 1. The van der Waals surface area contributed by atoms with Crippen LogP contribution < -0.4 is 5.32 Å². The van der Waals surface area contributed by atoms with Crippen LogP contribution in [-0.4, -0.2) is 17.6 Å². The Kier molecular flexibility index (Phi) is 3.79. The lowest BCUT2D eigenvalue weighted by atomic mass is 9.89. The second-order valence-corrected chi connectivity index (χ2v) is 4.91. The van der Waals surface area contributed by atoms with Crippen LogP contribution in [0.1, 0.15) is 36.4 Å². The number of carboxylic acids is 1. The quantitative estimate of drug-likeness (QED) is 0.843. The third-order valence-corrected chi connectivity index (χ3v) is 3.46. The van der Waals surface area contributed by atoms with Crippen molar-refractivity contribution in [1.82, 2.24) is 5.32 Å². The van der Waals surface area contributed by atoms with Gasteiger partial charge in [-0.1, -0.05) is 29.8 Å². The number of rotatable bonds is 3. The van der Waals surface area contributed by atoms with Gasteiger partial charge in [-0.2, -0.15) is 0 Å². The molecule has 1 fully saturated rings. The van der Waals surface area contributed by atoms with Gasteiger partial charge in [-0.05, 0) is 37.8 Å². The Balaban J connectivity index is 1.90. The van der Waals surface area contributed by atoms with Crippen LogP contribution in [0.5, 0.6) is 0 Å². The summed E-state index contributed by atoms with van der Waals surface area (Å²) >= 11 is 0. The fourth-order valence-corrected chi connectivity index (χ4v) is 2.42. The van der Waals surface area contributed by atoms with E-state index in [1.165, 1.54) is 11.1 Å². The van der Waals surface area contributed by atoms with Crippen LogP contribution in [-0.2, 0) is 4.79 Å². The topological polar surface area (TPSA) is 49.3 Å². The lowest BCUT2D eigenvalue weighted by Gasteiger charge is -2.29. The molecule has 0 amide bonds. The first-order chi connectivity index (χ1) is 8.15. The minimum atomic E-state index is -0.689. The lowest BCUT2D eigenvalue weighted by Crippen LogP contribution is -2.34. The van der Waals surface area contributed by atoms with Gasteiger partial charge in [-0.15, -0.1) is 0 Å². The molecule has 0 spiro atoms. The SMILES string of the molecule is Cc1ccc(C2CCC(CC(=O)O)CN2)cc1. The number of aryl methyl sites for hydroxylation is 1. The van der Waals surface area contributed by atoms with Crippen molar-refractivity contribution < 1.29 is 9.90 Å². The van der Waals surface area contributed by atoms with Gasteiger partial charge in [-0.25, -0.2) is 0 Å². The molecule has 0 saturated carbocycles. The van der Waals surface area contributed by atoms with Crippen molar-refractivity contribution in [3.05, 3.63) is 35.4 Å². The van der Waals surface area contributed by atoms with E-state index in [1.807, 2.05) is 0 Å². The van der Waals surface area contributed by atoms with Crippen LogP contribution in [0, 0.1) is 12.8 Å². The molecule has 2 atom stereocenters. The highest BCUT2D eigenvalue weighted by atomic mass is 16.4. The van der Waals surface area contributed by atoms with E-state index in [0.717, 1.165) is 19.4 Å². The smallest absolute Gasteiger partial charge is 0.303 e. The average Bonchev–Trinajstić information content (AvgIpc) is 2.30. The van der Waals surface area contributed by atoms with Gasteiger partial charge in [0.05, 0.1) is 0 Å². The molecular weight excluding hydrogens is 214 g/mol. The molecule has 2 N–H and O–H groups in total. The highest BCUT2D eigenvalue weighted by Crippen LogP contribution is 2.27. The predicted octanol–water partition coefficient (Wildman–Crippen LogP) is 2.51. The first-order valence-electron chi connectivity index (χ1n) is 6.17. The molecule has 2 rings (SSSR count). The molecule has 1 aliphatic rings. The highest BCUT2D eigenvalue weighted by Gasteiger charge is 2.23. The molecular formula is C14H19NO2. The summed E-state index contributed by atoms with van der Waals surface area (Å²) < 4.78 is 0. The third kappa shape index (κ3) is 3.30. The van der Waals surface area contributed by atoms with Crippen LogP contribution in [0.15, 0.2) is 24.3 Å². The summed E-state index contributed by atoms with van der Waals surface area (Å²) in [6, 6.07) is 8.95. The van der Waals surface area contributed by atoms with E-state index >= 15 is 0 Å². The van der Waals surface area contributed by atoms with Crippen molar-refractivity contribution in [3.63, 3.8) is 0 Å². The molecule has 1 saturated heterocycles. The predicted molar refractivity (Wildman–Crippen MR) is 66.9 cm³/mol. The fraction of sp³-hybridized carbons (Fsp3) is 0.500. The lowest BCUT2D eigenvalue weighted by molar-refractivity contribution is -0.138. The van der Waals surface area contributed by atoms with Crippen molar-refractivity contribution in [2.24, 2.45) is 5.92 Å². The molecule has 1 aromatic rings.